The van der Waals surface area contributed by atoms with Crippen molar-refractivity contribution in [3.63, 3.8) is 0 Å². The average Bonchev–Trinajstić information content (AvgIpc) is 3.70. The van der Waals surface area contributed by atoms with Gasteiger partial charge in [-0.2, -0.15) is 4.98 Å². The van der Waals surface area contributed by atoms with Gasteiger partial charge in [0, 0.05) is 0 Å². The van der Waals surface area contributed by atoms with Crippen LogP contribution in [0.15, 0.2) is 23.3 Å². The van der Waals surface area contributed by atoms with Crippen molar-refractivity contribution in [2.24, 2.45) is 0 Å². The Balaban J connectivity index is 1.18. The number of nitrogen functional groups attached to an aromatic ring is 1. The number of imidazole rings is 2. The monoisotopic (exact) mass is 761 g/mol. The second-order valence-electron chi connectivity index (χ2n) is 10.5. The Bertz CT molecular complexity index is 2050. The van der Waals surface area contributed by atoms with Gasteiger partial charge in [0.15, 0.2) is 29.8 Å². The highest BCUT2D eigenvalue weighted by Crippen LogP contribution is 2.54. The number of hydrogen-bond donors (Lipinski definition) is 5. The van der Waals surface area contributed by atoms with Crippen molar-refractivity contribution in [3.05, 3.63) is 44.1 Å². The van der Waals surface area contributed by atoms with E-state index in [4.69, 9.17) is 68.1 Å². The quantitative estimate of drug-likeness (QED) is 0.183. The minimum atomic E-state index is -5.17. The summed E-state index contributed by atoms with van der Waals surface area (Å²) in [5.74, 6) is -0.316. The molecule has 254 valence electrons. The molecule has 4 aromatic rings. The Morgan fingerprint density at radius 2 is 1.60 bits per heavy atom. The number of anilines is 1. The molecule has 3 fully saturated rings. The summed E-state index contributed by atoms with van der Waals surface area (Å²) in [5.41, 5.74) is 4.96. The number of hydrogen-bond acceptors (Lipinski definition) is 14. The van der Waals surface area contributed by atoms with Crippen LogP contribution >= 0.6 is 50.4 Å². The van der Waals surface area contributed by atoms with Crippen LogP contribution in [0, 0.1) is 0 Å². The van der Waals surface area contributed by atoms with E-state index in [1.165, 1.54) is 16.7 Å². The Hall–Kier alpha value is -2.26. The number of benzene rings is 1. The SMILES string of the molecule is Nc1nc2c(ncn2C2OC3COP(=O)(O)OC4C(COP(=O)(O)OC3C2F)OC(n2c(Cl)nc3cc(Cl)c(Cl)cc32)C4O)c(=O)[nH]1. The molecule has 0 spiro atoms. The van der Waals surface area contributed by atoms with Crippen molar-refractivity contribution in [2.75, 3.05) is 18.9 Å². The van der Waals surface area contributed by atoms with Crippen LogP contribution in [0.25, 0.3) is 22.2 Å². The molecule has 0 bridgehead atoms. The van der Waals surface area contributed by atoms with Gasteiger partial charge in [0.1, 0.15) is 30.5 Å². The van der Waals surface area contributed by atoms with Gasteiger partial charge in [-0.05, 0) is 23.7 Å². The highest BCUT2D eigenvalue weighted by molar-refractivity contribution is 7.47. The summed E-state index contributed by atoms with van der Waals surface area (Å²) in [4.78, 5) is 47.6. The van der Waals surface area contributed by atoms with Crippen LogP contribution in [-0.2, 0) is 36.7 Å². The Morgan fingerprint density at radius 1 is 0.979 bits per heavy atom. The van der Waals surface area contributed by atoms with E-state index in [0.29, 0.717) is 0 Å². The highest BCUT2D eigenvalue weighted by Gasteiger charge is 2.54. The molecule has 47 heavy (non-hydrogen) atoms. The lowest BCUT2D eigenvalue weighted by atomic mass is 10.1. The average molecular weight is 763 g/mol. The van der Waals surface area contributed by atoms with E-state index < -0.39 is 83.6 Å². The van der Waals surface area contributed by atoms with Crippen LogP contribution < -0.4 is 11.3 Å². The topological polar surface area (TPSA) is 258 Å². The zero-order valence-corrected chi connectivity index (χ0v) is 27.1. The molecule has 6 N–H and O–H groups in total. The van der Waals surface area contributed by atoms with Gasteiger partial charge in [0.05, 0.1) is 40.6 Å². The number of halogens is 4. The van der Waals surface area contributed by atoms with E-state index in [1.54, 1.807) is 0 Å². The molecular formula is C22H21Cl3FN7O12P2. The number of H-pyrrole nitrogens is 1. The molecule has 7 rings (SSSR count). The number of aromatic nitrogens is 6. The van der Waals surface area contributed by atoms with Crippen molar-refractivity contribution >= 4 is 78.6 Å². The lowest BCUT2D eigenvalue weighted by Crippen LogP contribution is -2.38. The summed E-state index contributed by atoms with van der Waals surface area (Å²) in [7, 11) is -10.3. The van der Waals surface area contributed by atoms with E-state index in [-0.39, 0.29) is 43.5 Å². The van der Waals surface area contributed by atoms with Gasteiger partial charge in [-0.3, -0.25) is 37.0 Å². The van der Waals surface area contributed by atoms with E-state index in [1.807, 2.05) is 0 Å². The fourth-order valence-electron chi connectivity index (χ4n) is 5.51. The zero-order valence-electron chi connectivity index (χ0n) is 23.0. The number of nitrogens with zero attached hydrogens (tertiary/aromatic N) is 5. The summed E-state index contributed by atoms with van der Waals surface area (Å²) in [6.45, 7) is -1.83. The molecule has 10 atom stereocenters. The summed E-state index contributed by atoms with van der Waals surface area (Å²) in [6, 6.07) is 2.80. The third-order valence-corrected chi connectivity index (χ3v) is 10.5. The third kappa shape index (κ3) is 6.00. The van der Waals surface area contributed by atoms with Gasteiger partial charge in [0.2, 0.25) is 11.2 Å². The predicted octanol–water partition coefficient (Wildman–Crippen LogP) is 2.22. The number of ether oxygens (including phenoxy) is 2. The minimum Gasteiger partial charge on any atom is -0.386 e. The van der Waals surface area contributed by atoms with Crippen LogP contribution in [-0.4, -0.2) is 93.9 Å². The normalized spacial score (nSPS) is 36.7. The van der Waals surface area contributed by atoms with Crippen LogP contribution in [0.4, 0.5) is 10.3 Å². The number of aromatic amines is 1. The summed E-state index contributed by atoms with van der Waals surface area (Å²) >= 11 is 18.5. The van der Waals surface area contributed by atoms with E-state index in [9.17, 15) is 28.8 Å². The molecule has 6 heterocycles. The zero-order chi connectivity index (χ0) is 33.6. The molecule has 3 aliphatic rings. The van der Waals surface area contributed by atoms with Crippen LogP contribution in [0.1, 0.15) is 12.5 Å². The molecule has 3 aromatic heterocycles. The van der Waals surface area contributed by atoms with Crippen LogP contribution in [0.2, 0.25) is 15.3 Å². The van der Waals surface area contributed by atoms with Crippen molar-refractivity contribution in [3.8, 4) is 0 Å². The number of phosphoric ester groups is 2. The van der Waals surface area contributed by atoms with Crippen molar-refractivity contribution in [1.82, 2.24) is 29.1 Å². The smallest absolute Gasteiger partial charge is 0.386 e. The van der Waals surface area contributed by atoms with Gasteiger partial charge < -0.3 is 30.1 Å². The van der Waals surface area contributed by atoms with Crippen LogP contribution in [0.5, 0.6) is 0 Å². The van der Waals surface area contributed by atoms with Gasteiger partial charge in [-0.1, -0.05) is 23.2 Å². The molecule has 0 amide bonds. The third-order valence-electron chi connectivity index (χ3n) is 7.56. The lowest BCUT2D eigenvalue weighted by molar-refractivity contribution is -0.0662. The Labute approximate surface area is 275 Å². The van der Waals surface area contributed by atoms with Crippen molar-refractivity contribution in [2.45, 2.75) is 49.1 Å². The second kappa shape index (κ2) is 12.0. The Morgan fingerprint density at radius 3 is 2.30 bits per heavy atom. The predicted molar refractivity (Wildman–Crippen MR) is 157 cm³/mol. The molecule has 3 saturated heterocycles. The van der Waals surface area contributed by atoms with Gasteiger partial charge in [-0.15, -0.1) is 0 Å². The number of alkyl halides is 1. The first-order valence-electron chi connectivity index (χ1n) is 13.3. The number of nitrogens with one attached hydrogen (secondary N) is 1. The second-order valence-corrected chi connectivity index (χ2v) is 14.5. The van der Waals surface area contributed by atoms with Crippen molar-refractivity contribution in [1.29, 1.82) is 0 Å². The molecule has 0 radical (unpaired) electrons. The van der Waals surface area contributed by atoms with Gasteiger partial charge in [0.25, 0.3) is 5.56 Å². The first kappa shape index (κ1) is 33.2. The molecule has 10 unspecified atom stereocenters. The van der Waals surface area contributed by atoms with E-state index in [2.05, 4.69) is 19.9 Å². The summed E-state index contributed by atoms with van der Waals surface area (Å²) in [6.07, 6.45) is -13.1. The standard InChI is InChI=1S/C22H21Cl3FN7O12P2/c23-6-1-8-9(2-7(6)24)33(21(25)29-8)20-14(34)16-11(43-20)4-41-46(36,37)44-15-10(3-40-47(38,39)45-16)42-19(12(15)26)32-5-28-13-17(32)30-22(27)31-18(13)35/h1-2,5,10-12,14-16,19-20,34H,3-4H2,(H,36,37)(H,38,39)(H3,27,30,31,35). The molecule has 1 aromatic carbocycles. The maximum absolute atomic E-state index is 15.9. The van der Waals surface area contributed by atoms with E-state index >= 15 is 4.39 Å². The first-order valence-corrected chi connectivity index (χ1v) is 17.4. The number of nitrogens with two attached hydrogens (primary N) is 1. The minimum absolute atomic E-state index is 0.110. The maximum Gasteiger partial charge on any atom is 0.472 e. The molecule has 19 nitrogen and oxygen atoms in total. The van der Waals surface area contributed by atoms with Crippen LogP contribution in [0.3, 0.4) is 0 Å². The number of phosphoric acid groups is 2. The molecule has 0 saturated carbocycles. The van der Waals surface area contributed by atoms with Crippen molar-refractivity contribution < 1.29 is 56.0 Å². The molecule has 3 aliphatic heterocycles. The fraction of sp³-hybridized carbons (Fsp3) is 0.455. The first-order chi connectivity index (χ1) is 22.1. The molecular weight excluding hydrogens is 742 g/mol. The molecule has 25 heteroatoms. The Kier molecular flexibility index (Phi) is 8.46. The number of aliphatic hydroxyl groups is 1. The number of aliphatic hydroxyl groups excluding tert-OH is 1. The molecule has 0 aliphatic carbocycles. The maximum atomic E-state index is 15.9. The largest absolute Gasteiger partial charge is 0.472 e. The van der Waals surface area contributed by atoms with E-state index in [0.717, 1.165) is 10.9 Å². The van der Waals surface area contributed by atoms with Gasteiger partial charge >= 0.3 is 15.6 Å². The summed E-state index contributed by atoms with van der Waals surface area (Å²) in [5, 5.41) is 11.3. The fourth-order valence-corrected chi connectivity index (χ4v) is 8.03. The highest BCUT2D eigenvalue weighted by atomic mass is 35.5. The number of fused-ring (bicyclic) bond motifs is 4. The van der Waals surface area contributed by atoms with Gasteiger partial charge in [-0.25, -0.2) is 23.5 Å². The summed E-state index contributed by atoms with van der Waals surface area (Å²) < 4.78 is 76.4. The lowest BCUT2D eigenvalue weighted by Gasteiger charge is -2.27. The number of rotatable bonds is 2.